The lowest BCUT2D eigenvalue weighted by molar-refractivity contribution is -0.0112. The second-order valence-corrected chi connectivity index (χ2v) is 8.63. The molecule has 2 heterocycles. The van der Waals surface area contributed by atoms with Gasteiger partial charge in [0.2, 0.25) is 0 Å². The van der Waals surface area contributed by atoms with Gasteiger partial charge in [-0.25, -0.2) is 23.1 Å². The van der Waals surface area contributed by atoms with E-state index in [4.69, 9.17) is 0 Å². The van der Waals surface area contributed by atoms with Gasteiger partial charge < -0.3 is 5.11 Å². The van der Waals surface area contributed by atoms with E-state index in [-0.39, 0.29) is 12.1 Å². The van der Waals surface area contributed by atoms with Gasteiger partial charge in [0.1, 0.15) is 29.9 Å². The fourth-order valence-electron chi connectivity index (χ4n) is 4.33. The highest BCUT2D eigenvalue weighted by atomic mass is 19.1. The van der Waals surface area contributed by atoms with E-state index in [0.717, 1.165) is 28.8 Å². The number of nitrogens with zero attached hydrogens (tertiary/aromatic N) is 7. The molecule has 2 atom stereocenters. The fourth-order valence-corrected chi connectivity index (χ4v) is 4.33. The summed E-state index contributed by atoms with van der Waals surface area (Å²) in [7, 11) is 0. The number of halogens is 2. The van der Waals surface area contributed by atoms with E-state index >= 15 is 0 Å². The number of aromatic nitrogens is 7. The van der Waals surface area contributed by atoms with E-state index in [2.05, 4.69) is 25.6 Å². The first-order valence-corrected chi connectivity index (χ1v) is 11.3. The summed E-state index contributed by atoms with van der Waals surface area (Å²) in [6, 6.07) is 20.4. The molecular weight excluding hydrogens is 464 g/mol. The highest BCUT2D eigenvalue weighted by molar-refractivity contribution is 5.55. The first kappa shape index (κ1) is 23.4. The summed E-state index contributed by atoms with van der Waals surface area (Å²) in [4.78, 5) is 3.91. The number of rotatable bonds is 8. The van der Waals surface area contributed by atoms with Crippen LogP contribution in [0, 0.1) is 11.6 Å². The monoisotopic (exact) mass is 487 g/mol. The van der Waals surface area contributed by atoms with Crippen LogP contribution in [0.4, 0.5) is 8.78 Å². The van der Waals surface area contributed by atoms with Crippen LogP contribution in [0.5, 0.6) is 0 Å². The van der Waals surface area contributed by atoms with Gasteiger partial charge in [-0.1, -0.05) is 67.6 Å². The van der Waals surface area contributed by atoms with Crippen molar-refractivity contribution in [3.63, 3.8) is 0 Å². The molecule has 36 heavy (non-hydrogen) atoms. The molecule has 1 N–H and O–H groups in total. The molecule has 0 radical (unpaired) electrons. The van der Waals surface area contributed by atoms with E-state index in [9.17, 15) is 13.9 Å². The van der Waals surface area contributed by atoms with Crippen molar-refractivity contribution >= 4 is 0 Å². The minimum atomic E-state index is -1.73. The van der Waals surface area contributed by atoms with Crippen LogP contribution < -0.4 is 0 Å². The first-order chi connectivity index (χ1) is 17.4. The smallest absolute Gasteiger partial charge is 0.182 e. The minimum absolute atomic E-state index is 0.0252. The standard InChI is InChI=1S/C26H23F2N7O/c1-18(26(36,15-34-17-29-16-30-34)23-12-11-22(27)13-24(23)28)20-7-9-21(10-8-20)25-31-32-33-35(25)14-19-5-3-2-4-6-19/h2-13,16-18,36H,14-15H2,1H3/t18-,26+/m0/s1. The van der Waals surface area contributed by atoms with Gasteiger partial charge in [0, 0.05) is 23.1 Å². The number of hydrogen-bond donors (Lipinski definition) is 1. The average molecular weight is 488 g/mol. The number of tetrazole rings is 1. The zero-order chi connectivity index (χ0) is 25.1. The van der Waals surface area contributed by atoms with Crippen molar-refractivity contribution in [3.8, 4) is 11.4 Å². The van der Waals surface area contributed by atoms with Crippen molar-refractivity contribution in [2.24, 2.45) is 0 Å². The van der Waals surface area contributed by atoms with Gasteiger partial charge in [0.05, 0.1) is 13.1 Å². The minimum Gasteiger partial charge on any atom is -0.382 e. The van der Waals surface area contributed by atoms with Crippen LogP contribution in [0.15, 0.2) is 85.5 Å². The van der Waals surface area contributed by atoms with Gasteiger partial charge in [0.25, 0.3) is 0 Å². The maximum atomic E-state index is 14.9. The van der Waals surface area contributed by atoms with Gasteiger partial charge in [-0.3, -0.25) is 0 Å². The van der Waals surface area contributed by atoms with Gasteiger partial charge in [-0.15, -0.1) is 5.10 Å². The third-order valence-corrected chi connectivity index (χ3v) is 6.36. The van der Waals surface area contributed by atoms with Gasteiger partial charge >= 0.3 is 0 Å². The third kappa shape index (κ3) is 4.63. The van der Waals surface area contributed by atoms with E-state index in [1.54, 1.807) is 11.6 Å². The van der Waals surface area contributed by atoms with E-state index < -0.39 is 23.2 Å². The quantitative estimate of drug-likeness (QED) is 0.356. The van der Waals surface area contributed by atoms with Crippen LogP contribution in [0.1, 0.15) is 29.5 Å². The molecule has 0 spiro atoms. The molecule has 0 fully saturated rings. The van der Waals surface area contributed by atoms with Crippen molar-refractivity contribution in [1.82, 2.24) is 35.0 Å². The van der Waals surface area contributed by atoms with Crippen LogP contribution >= 0.6 is 0 Å². The Balaban J connectivity index is 1.46. The Hall–Kier alpha value is -4.31. The SMILES string of the molecule is C[C@@H](c1ccc(-c2nnnn2Cc2ccccc2)cc1)[C@](O)(Cn1cncn1)c1ccc(F)cc1F. The average Bonchev–Trinajstić information content (AvgIpc) is 3.56. The Kier molecular flexibility index (Phi) is 6.34. The molecule has 5 aromatic rings. The summed E-state index contributed by atoms with van der Waals surface area (Å²) in [6.07, 6.45) is 2.77. The van der Waals surface area contributed by atoms with Crippen LogP contribution in [-0.2, 0) is 18.7 Å². The summed E-state index contributed by atoms with van der Waals surface area (Å²) >= 11 is 0. The van der Waals surface area contributed by atoms with Crippen LogP contribution in [0.2, 0.25) is 0 Å². The Morgan fingerprint density at radius 3 is 2.47 bits per heavy atom. The molecule has 0 aliphatic rings. The van der Waals surface area contributed by atoms with Crippen molar-refractivity contribution in [2.75, 3.05) is 0 Å². The van der Waals surface area contributed by atoms with Gasteiger partial charge in [0.15, 0.2) is 5.82 Å². The van der Waals surface area contributed by atoms with Crippen molar-refractivity contribution < 1.29 is 13.9 Å². The largest absolute Gasteiger partial charge is 0.382 e. The summed E-state index contributed by atoms with van der Waals surface area (Å²) in [5.74, 6) is -1.54. The molecular formula is C26H23F2N7O. The predicted octanol–water partition coefficient (Wildman–Crippen LogP) is 3.95. The lowest BCUT2D eigenvalue weighted by Crippen LogP contribution is -2.38. The Bertz CT molecular complexity index is 1440. The highest BCUT2D eigenvalue weighted by Gasteiger charge is 2.40. The Labute approximate surface area is 205 Å². The van der Waals surface area contributed by atoms with E-state index in [1.165, 1.54) is 23.4 Å². The molecule has 182 valence electrons. The molecule has 0 unspecified atom stereocenters. The molecule has 0 bridgehead atoms. The normalized spacial score (nSPS) is 13.9. The van der Waals surface area contributed by atoms with Crippen molar-refractivity contribution in [1.29, 1.82) is 0 Å². The number of aliphatic hydroxyl groups is 1. The highest BCUT2D eigenvalue weighted by Crippen LogP contribution is 2.40. The van der Waals surface area contributed by atoms with Crippen molar-refractivity contribution in [3.05, 3.63) is 114 Å². The predicted molar refractivity (Wildman–Crippen MR) is 127 cm³/mol. The zero-order valence-electron chi connectivity index (χ0n) is 19.4. The molecule has 3 aromatic carbocycles. The van der Waals surface area contributed by atoms with E-state index in [1.807, 2.05) is 54.6 Å². The summed E-state index contributed by atoms with van der Waals surface area (Å²) in [5.41, 5.74) is 0.840. The zero-order valence-corrected chi connectivity index (χ0v) is 19.4. The molecule has 0 saturated carbocycles. The van der Waals surface area contributed by atoms with Crippen LogP contribution in [-0.4, -0.2) is 40.1 Å². The van der Waals surface area contributed by atoms with Crippen LogP contribution in [0.25, 0.3) is 11.4 Å². The fraction of sp³-hybridized carbons (Fsp3) is 0.192. The molecule has 0 amide bonds. The van der Waals surface area contributed by atoms with Crippen LogP contribution in [0.3, 0.4) is 0 Å². The Morgan fingerprint density at radius 2 is 1.78 bits per heavy atom. The maximum Gasteiger partial charge on any atom is 0.182 e. The molecule has 0 aliphatic heterocycles. The van der Waals surface area contributed by atoms with Gasteiger partial charge in [-0.2, -0.15) is 5.10 Å². The third-order valence-electron chi connectivity index (χ3n) is 6.36. The molecule has 10 heteroatoms. The summed E-state index contributed by atoms with van der Waals surface area (Å²) in [5, 5.41) is 28.0. The second-order valence-electron chi connectivity index (χ2n) is 8.63. The second kappa shape index (κ2) is 9.74. The maximum absolute atomic E-state index is 14.9. The van der Waals surface area contributed by atoms with Crippen molar-refractivity contribution in [2.45, 2.75) is 31.5 Å². The summed E-state index contributed by atoms with van der Waals surface area (Å²) < 4.78 is 31.6. The lowest BCUT2D eigenvalue weighted by Gasteiger charge is -2.35. The Morgan fingerprint density at radius 1 is 1.00 bits per heavy atom. The molecule has 0 aliphatic carbocycles. The molecule has 5 rings (SSSR count). The molecule has 2 aromatic heterocycles. The first-order valence-electron chi connectivity index (χ1n) is 11.3. The number of benzene rings is 3. The summed E-state index contributed by atoms with van der Waals surface area (Å²) in [6.45, 7) is 2.23. The van der Waals surface area contributed by atoms with Gasteiger partial charge in [-0.05, 0) is 27.6 Å². The lowest BCUT2D eigenvalue weighted by atomic mass is 9.78. The molecule has 0 saturated heterocycles. The number of hydrogen-bond acceptors (Lipinski definition) is 6. The molecule has 8 nitrogen and oxygen atoms in total. The van der Waals surface area contributed by atoms with E-state index in [0.29, 0.717) is 12.4 Å². The topological polar surface area (TPSA) is 94.5 Å².